The fourth-order valence-corrected chi connectivity index (χ4v) is 4.13. The van der Waals surface area contributed by atoms with Crippen LogP contribution in [0.2, 0.25) is 6.55 Å². The monoisotopic (exact) mass is 491 g/mol. The molecule has 2 aliphatic rings. The molecular formula is C29H25SiZr. The number of rotatable bonds is 0. The molecule has 31 heavy (non-hydrogen) atoms. The molecule has 0 spiro atoms. The largest absolute Gasteiger partial charge is 2.00 e. The van der Waals surface area contributed by atoms with Gasteiger partial charge in [-0.1, -0.05) is 91.5 Å². The van der Waals surface area contributed by atoms with Crippen molar-refractivity contribution in [2.24, 2.45) is 0 Å². The van der Waals surface area contributed by atoms with Crippen LogP contribution in [0.4, 0.5) is 0 Å². The van der Waals surface area contributed by atoms with E-state index < -0.39 is 0 Å². The minimum atomic E-state index is 0. The quantitative estimate of drug-likeness (QED) is 0.176. The molecule has 0 heterocycles. The topological polar surface area (TPSA) is 0 Å². The van der Waals surface area contributed by atoms with Crippen molar-refractivity contribution >= 4 is 31.8 Å². The summed E-state index contributed by atoms with van der Waals surface area (Å²) in [5.41, 5.74) is 5.33. The van der Waals surface area contributed by atoms with Crippen LogP contribution in [0.25, 0.3) is 21.5 Å². The van der Waals surface area contributed by atoms with E-state index in [1.807, 2.05) is 0 Å². The number of allylic oxidation sites excluding steroid dienone is 2. The zero-order valence-corrected chi connectivity index (χ0v) is 21.7. The molecule has 0 saturated carbocycles. The molecule has 0 fully saturated rings. The van der Waals surface area contributed by atoms with Crippen LogP contribution in [0.1, 0.15) is 47.9 Å². The molecule has 0 aromatic heterocycles. The number of hydrogen-bond acceptors (Lipinski definition) is 0. The number of benzene rings is 4. The Kier molecular flexibility index (Phi) is 8.03. The first kappa shape index (κ1) is 23.6. The maximum Gasteiger partial charge on any atom is 2.00 e. The van der Waals surface area contributed by atoms with Crippen LogP contribution in [0.3, 0.4) is 0 Å². The summed E-state index contributed by atoms with van der Waals surface area (Å²) in [6.07, 6.45) is 10.9. The summed E-state index contributed by atoms with van der Waals surface area (Å²) in [6.45, 7) is 6.24. The van der Waals surface area contributed by atoms with Crippen LogP contribution < -0.4 is 0 Å². The maximum atomic E-state index is 3.32. The van der Waals surface area contributed by atoms with Crippen LogP contribution in [0.5, 0.6) is 0 Å². The molecule has 6 rings (SSSR count). The van der Waals surface area contributed by atoms with Crippen molar-refractivity contribution in [3.63, 3.8) is 0 Å². The first-order valence-corrected chi connectivity index (χ1v) is 11.4. The molecule has 3 radical (unpaired) electrons. The molecule has 0 N–H and O–H groups in total. The fourth-order valence-electron chi connectivity index (χ4n) is 4.13. The van der Waals surface area contributed by atoms with Crippen molar-refractivity contribution in [3.05, 3.63) is 119 Å². The molecule has 0 amide bonds. The molecule has 0 nitrogen and oxygen atoms in total. The number of hydrogen-bond donors (Lipinski definition) is 0. The predicted molar refractivity (Wildman–Crippen MR) is 130 cm³/mol. The molecular weight excluding hydrogens is 468 g/mol. The van der Waals surface area contributed by atoms with Gasteiger partial charge in [0.25, 0.3) is 0 Å². The summed E-state index contributed by atoms with van der Waals surface area (Å²) in [4.78, 5) is 0. The maximum absolute atomic E-state index is 3.32. The van der Waals surface area contributed by atoms with Crippen molar-refractivity contribution in [3.8, 4) is 0 Å². The van der Waals surface area contributed by atoms with Crippen molar-refractivity contribution in [1.29, 1.82) is 0 Å². The third kappa shape index (κ3) is 4.92. The second-order valence-corrected chi connectivity index (χ2v) is 7.77. The van der Waals surface area contributed by atoms with Crippen molar-refractivity contribution in [2.75, 3.05) is 0 Å². The summed E-state index contributed by atoms with van der Waals surface area (Å²) in [5, 5.41) is 5.27. The van der Waals surface area contributed by atoms with Gasteiger partial charge in [-0.25, -0.2) is 0 Å². The summed E-state index contributed by atoms with van der Waals surface area (Å²) in [7, 11) is 2.97. The van der Waals surface area contributed by atoms with Gasteiger partial charge in [-0.3, -0.25) is 0 Å². The van der Waals surface area contributed by atoms with Gasteiger partial charge in [-0.15, -0.1) is 35.4 Å². The van der Waals surface area contributed by atoms with Crippen molar-refractivity contribution < 1.29 is 26.2 Å². The van der Waals surface area contributed by atoms with E-state index in [-0.39, 0.29) is 26.2 Å². The van der Waals surface area contributed by atoms with Crippen LogP contribution >= 0.6 is 0 Å². The average molecular weight is 493 g/mol. The summed E-state index contributed by atoms with van der Waals surface area (Å²) >= 11 is 0. The Balaban J connectivity index is 0.000000158. The molecule has 2 unspecified atom stereocenters. The predicted octanol–water partition coefficient (Wildman–Crippen LogP) is 7.53. The number of fused-ring (bicyclic) bond motifs is 4. The molecule has 2 heteroatoms. The zero-order valence-electron chi connectivity index (χ0n) is 18.2. The van der Waals surface area contributed by atoms with E-state index in [1.165, 1.54) is 43.8 Å². The van der Waals surface area contributed by atoms with Gasteiger partial charge in [0.05, 0.1) is 0 Å². The van der Waals surface area contributed by atoms with Gasteiger partial charge in [-0.05, 0) is 10.8 Å². The van der Waals surface area contributed by atoms with E-state index in [1.54, 1.807) is 6.55 Å². The van der Waals surface area contributed by atoms with Gasteiger partial charge in [0.1, 0.15) is 0 Å². The Morgan fingerprint density at radius 1 is 0.581 bits per heavy atom. The van der Waals surface area contributed by atoms with E-state index >= 15 is 0 Å². The fraction of sp³-hybridized carbons (Fsp3) is 0.172. The van der Waals surface area contributed by atoms with Crippen molar-refractivity contribution in [1.82, 2.24) is 0 Å². The van der Waals surface area contributed by atoms with Gasteiger partial charge in [0, 0.05) is 10.2 Å². The zero-order chi connectivity index (χ0) is 21.1. The third-order valence-corrected chi connectivity index (χ3v) is 5.79. The van der Waals surface area contributed by atoms with E-state index in [4.69, 9.17) is 0 Å². The van der Waals surface area contributed by atoms with Crippen LogP contribution in [-0.4, -0.2) is 10.2 Å². The smallest absolute Gasteiger partial charge is 0.189 e. The molecule has 0 bridgehead atoms. The summed E-state index contributed by atoms with van der Waals surface area (Å²) in [5.74, 6) is 1.05. The normalized spacial score (nSPS) is 17.2. The molecule has 2 aliphatic carbocycles. The molecule has 149 valence electrons. The first-order valence-electron chi connectivity index (χ1n) is 10.4. The molecule has 4 aromatic carbocycles. The Labute approximate surface area is 208 Å². The minimum Gasteiger partial charge on any atom is -0.189 e. The Hall–Kier alpha value is -2.02. The molecule has 0 aliphatic heterocycles. The molecule has 2 atom stereocenters. The third-order valence-electron chi connectivity index (χ3n) is 5.79. The van der Waals surface area contributed by atoms with E-state index in [0.29, 0.717) is 11.8 Å². The SMILES string of the molecule is CC1C=[C-]c2cc3ccccc3cc21.CC1C=[C-]c2cc3ccccc3cc21.C[Si].[Zr+2]. The second kappa shape index (κ2) is 10.5. The van der Waals surface area contributed by atoms with E-state index in [0.717, 1.165) is 0 Å². The van der Waals surface area contributed by atoms with Gasteiger partial charge >= 0.3 is 26.2 Å². The van der Waals surface area contributed by atoms with E-state index in [9.17, 15) is 0 Å². The van der Waals surface area contributed by atoms with Crippen LogP contribution in [0.15, 0.2) is 84.9 Å². The average Bonchev–Trinajstić information content (AvgIpc) is 3.34. The van der Waals surface area contributed by atoms with Gasteiger partial charge in [0.2, 0.25) is 0 Å². The van der Waals surface area contributed by atoms with Crippen LogP contribution in [0, 0.1) is 12.2 Å². The Bertz CT molecular complexity index is 1150. The Morgan fingerprint density at radius 2 is 0.903 bits per heavy atom. The van der Waals surface area contributed by atoms with Gasteiger partial charge < -0.3 is 0 Å². The summed E-state index contributed by atoms with van der Waals surface area (Å²) in [6, 6.07) is 26.0. The molecule has 4 aromatic rings. The standard InChI is InChI=1S/2C14H11.CH3Si.Zr/c2*1-10-6-7-13-8-11-4-2-3-5-12(11)9-14(10)13;1-2;/h2*2-6,8-10H,1H3;1H3;/q2*-1;;+2. The molecule has 0 saturated heterocycles. The Morgan fingerprint density at radius 3 is 1.26 bits per heavy atom. The first-order chi connectivity index (χ1) is 14.7. The van der Waals surface area contributed by atoms with Gasteiger partial charge in [0.15, 0.2) is 0 Å². The van der Waals surface area contributed by atoms with Crippen molar-refractivity contribution in [2.45, 2.75) is 32.2 Å². The second-order valence-electron chi connectivity index (χ2n) is 7.77. The van der Waals surface area contributed by atoms with Crippen LogP contribution in [-0.2, 0) is 26.2 Å². The summed E-state index contributed by atoms with van der Waals surface area (Å²) < 4.78 is 0. The van der Waals surface area contributed by atoms with E-state index in [2.05, 4.69) is 121 Å². The minimum absolute atomic E-state index is 0. The van der Waals surface area contributed by atoms with Gasteiger partial charge in [-0.2, -0.15) is 35.4 Å².